The molecule has 1 saturated carbocycles. The molecule has 1 N–H and O–H groups in total. The number of hydrogen-bond donors (Lipinski definition) is 1. The van der Waals surface area contributed by atoms with E-state index in [2.05, 4.69) is 44.0 Å². The minimum Gasteiger partial charge on any atom is -0.378 e. The summed E-state index contributed by atoms with van der Waals surface area (Å²) >= 11 is 1.62. The van der Waals surface area contributed by atoms with Crippen molar-refractivity contribution in [1.82, 2.24) is 19.9 Å². The van der Waals surface area contributed by atoms with Crippen LogP contribution in [0, 0.1) is 0 Å². The lowest BCUT2D eigenvalue weighted by atomic mass is 9.95. The molecule has 6 nitrogen and oxygen atoms in total. The average molecular weight is 438 g/mol. The molecule has 2 aromatic heterocycles. The number of rotatable bonds is 8. The van der Waals surface area contributed by atoms with Crippen molar-refractivity contribution in [2.24, 2.45) is 0 Å². The van der Waals surface area contributed by atoms with Crippen LogP contribution in [0.2, 0.25) is 0 Å². The van der Waals surface area contributed by atoms with Crippen molar-refractivity contribution < 1.29 is 4.79 Å². The Labute approximate surface area is 188 Å². The SMILES string of the molecule is CN(C)c1ccc(CNC(=O)CSCc2nc3cccnc3n2C2CCCCC2)cc1. The predicted octanol–water partition coefficient (Wildman–Crippen LogP) is 4.55. The van der Waals surface area contributed by atoms with Crippen LogP contribution in [0.1, 0.15) is 49.5 Å². The lowest BCUT2D eigenvalue weighted by Crippen LogP contribution is -2.24. The van der Waals surface area contributed by atoms with E-state index in [1.807, 2.05) is 32.4 Å². The second-order valence-electron chi connectivity index (χ2n) is 8.37. The highest BCUT2D eigenvalue weighted by Crippen LogP contribution is 2.32. The fraction of sp³-hybridized carbons (Fsp3) is 0.458. The average Bonchev–Trinajstić information content (AvgIpc) is 3.17. The van der Waals surface area contributed by atoms with E-state index in [1.54, 1.807) is 11.8 Å². The zero-order valence-electron chi connectivity index (χ0n) is 18.4. The molecular formula is C24H31N5OS. The van der Waals surface area contributed by atoms with Crippen molar-refractivity contribution >= 4 is 34.5 Å². The van der Waals surface area contributed by atoms with E-state index in [9.17, 15) is 4.79 Å². The van der Waals surface area contributed by atoms with Crippen LogP contribution in [0.4, 0.5) is 5.69 Å². The van der Waals surface area contributed by atoms with Gasteiger partial charge in [-0.1, -0.05) is 31.4 Å². The van der Waals surface area contributed by atoms with Crippen LogP contribution in [-0.4, -0.2) is 40.3 Å². The first-order valence-electron chi connectivity index (χ1n) is 11.0. The van der Waals surface area contributed by atoms with Gasteiger partial charge < -0.3 is 14.8 Å². The van der Waals surface area contributed by atoms with Crippen LogP contribution < -0.4 is 10.2 Å². The second-order valence-corrected chi connectivity index (χ2v) is 9.35. The van der Waals surface area contributed by atoms with E-state index in [0.717, 1.165) is 34.0 Å². The topological polar surface area (TPSA) is 63.1 Å². The Hall–Kier alpha value is -2.54. The van der Waals surface area contributed by atoms with Gasteiger partial charge in [0.15, 0.2) is 5.65 Å². The van der Waals surface area contributed by atoms with Crippen molar-refractivity contribution in [3.63, 3.8) is 0 Å². The molecule has 0 bridgehead atoms. The molecule has 164 valence electrons. The van der Waals surface area contributed by atoms with Crippen molar-refractivity contribution in [2.45, 2.75) is 50.4 Å². The number of benzene rings is 1. The van der Waals surface area contributed by atoms with Gasteiger partial charge in [-0.3, -0.25) is 4.79 Å². The van der Waals surface area contributed by atoms with Gasteiger partial charge in [-0.2, -0.15) is 0 Å². The molecule has 7 heteroatoms. The summed E-state index contributed by atoms with van der Waals surface area (Å²) in [5.41, 5.74) is 4.19. The smallest absolute Gasteiger partial charge is 0.230 e. The Kier molecular flexibility index (Phi) is 7.12. The first-order chi connectivity index (χ1) is 15.1. The van der Waals surface area contributed by atoms with E-state index < -0.39 is 0 Å². The van der Waals surface area contributed by atoms with Gasteiger partial charge >= 0.3 is 0 Å². The Morgan fingerprint density at radius 1 is 1.16 bits per heavy atom. The lowest BCUT2D eigenvalue weighted by molar-refractivity contribution is -0.118. The highest BCUT2D eigenvalue weighted by atomic mass is 32.2. The van der Waals surface area contributed by atoms with Crippen LogP contribution in [-0.2, 0) is 17.1 Å². The van der Waals surface area contributed by atoms with Crippen molar-refractivity contribution in [3.05, 3.63) is 54.0 Å². The van der Waals surface area contributed by atoms with E-state index in [-0.39, 0.29) is 5.91 Å². The minimum atomic E-state index is 0.0557. The van der Waals surface area contributed by atoms with E-state index in [4.69, 9.17) is 4.98 Å². The highest BCUT2D eigenvalue weighted by Gasteiger charge is 2.22. The quantitative estimate of drug-likeness (QED) is 0.560. The highest BCUT2D eigenvalue weighted by molar-refractivity contribution is 7.99. The molecule has 2 heterocycles. The molecule has 1 aromatic carbocycles. The maximum absolute atomic E-state index is 12.4. The van der Waals surface area contributed by atoms with Crippen molar-refractivity contribution in [2.75, 3.05) is 24.7 Å². The first kappa shape index (κ1) is 21.7. The minimum absolute atomic E-state index is 0.0557. The van der Waals surface area contributed by atoms with Gasteiger partial charge in [0.2, 0.25) is 5.91 Å². The second kappa shape index (κ2) is 10.2. The maximum Gasteiger partial charge on any atom is 0.230 e. The molecular weight excluding hydrogens is 406 g/mol. The Morgan fingerprint density at radius 2 is 1.94 bits per heavy atom. The lowest BCUT2D eigenvalue weighted by Gasteiger charge is -2.25. The normalized spacial score (nSPS) is 14.6. The number of hydrogen-bond acceptors (Lipinski definition) is 5. The van der Waals surface area contributed by atoms with Gasteiger partial charge in [0.1, 0.15) is 11.3 Å². The zero-order valence-corrected chi connectivity index (χ0v) is 19.2. The third kappa shape index (κ3) is 5.39. The van der Waals surface area contributed by atoms with Gasteiger partial charge in [-0.25, -0.2) is 9.97 Å². The molecule has 1 aliphatic rings. The van der Waals surface area contributed by atoms with Gasteiger partial charge in [-0.05, 0) is 42.7 Å². The monoisotopic (exact) mass is 437 g/mol. The molecule has 1 aliphatic carbocycles. The molecule has 0 radical (unpaired) electrons. The Morgan fingerprint density at radius 3 is 2.68 bits per heavy atom. The number of anilines is 1. The number of imidazole rings is 1. The molecule has 1 amide bonds. The van der Waals surface area contributed by atoms with Crippen molar-refractivity contribution in [1.29, 1.82) is 0 Å². The van der Waals surface area contributed by atoms with E-state index >= 15 is 0 Å². The number of nitrogens with zero attached hydrogens (tertiary/aromatic N) is 4. The molecule has 0 saturated heterocycles. The molecule has 3 aromatic rings. The van der Waals surface area contributed by atoms with E-state index in [1.165, 1.54) is 32.1 Å². The maximum atomic E-state index is 12.4. The summed E-state index contributed by atoms with van der Waals surface area (Å²) < 4.78 is 2.34. The third-order valence-electron chi connectivity index (χ3n) is 5.87. The number of thioether (sulfide) groups is 1. The predicted molar refractivity (Wildman–Crippen MR) is 128 cm³/mol. The van der Waals surface area contributed by atoms with Gasteiger partial charge in [0.05, 0.1) is 11.5 Å². The van der Waals surface area contributed by atoms with Gasteiger partial charge in [-0.15, -0.1) is 11.8 Å². The Bertz CT molecular complexity index is 1010. The zero-order chi connectivity index (χ0) is 21.6. The van der Waals surface area contributed by atoms with Crippen LogP contribution in [0.25, 0.3) is 11.2 Å². The fourth-order valence-corrected chi connectivity index (χ4v) is 4.98. The van der Waals surface area contributed by atoms with Crippen LogP contribution >= 0.6 is 11.8 Å². The van der Waals surface area contributed by atoms with Gasteiger partial charge in [0, 0.05) is 38.6 Å². The summed E-state index contributed by atoms with van der Waals surface area (Å²) in [6.07, 6.45) is 8.07. The summed E-state index contributed by atoms with van der Waals surface area (Å²) in [5.74, 6) is 2.24. The first-order valence-corrected chi connectivity index (χ1v) is 12.2. The summed E-state index contributed by atoms with van der Waals surface area (Å²) in [4.78, 5) is 23.9. The standard InChI is InChI=1S/C24H31N5OS/c1-28(2)19-12-10-18(11-13-19)15-26-23(30)17-31-16-22-27-21-9-6-14-25-24(21)29(22)20-7-4-3-5-8-20/h6,9-14,20H,3-5,7-8,15-17H2,1-2H3,(H,26,30). The number of carbonyl (C=O) groups excluding carboxylic acids is 1. The number of amides is 1. The number of pyridine rings is 1. The summed E-state index contributed by atoms with van der Waals surface area (Å²) in [6.45, 7) is 0.553. The summed E-state index contributed by atoms with van der Waals surface area (Å²) in [5, 5.41) is 3.03. The largest absolute Gasteiger partial charge is 0.378 e. The van der Waals surface area contributed by atoms with Crippen LogP contribution in [0.15, 0.2) is 42.6 Å². The molecule has 4 rings (SSSR count). The van der Waals surface area contributed by atoms with Crippen LogP contribution in [0.5, 0.6) is 0 Å². The third-order valence-corrected chi connectivity index (χ3v) is 6.80. The Balaban J connectivity index is 1.33. The number of nitrogens with one attached hydrogen (secondary N) is 1. The fourth-order valence-electron chi connectivity index (χ4n) is 4.20. The number of fused-ring (bicyclic) bond motifs is 1. The number of carbonyl (C=O) groups is 1. The molecule has 1 fully saturated rings. The van der Waals surface area contributed by atoms with Crippen LogP contribution in [0.3, 0.4) is 0 Å². The summed E-state index contributed by atoms with van der Waals surface area (Å²) in [6, 6.07) is 12.7. The van der Waals surface area contributed by atoms with Crippen molar-refractivity contribution in [3.8, 4) is 0 Å². The molecule has 0 unspecified atom stereocenters. The molecule has 31 heavy (non-hydrogen) atoms. The molecule has 0 spiro atoms. The molecule has 0 aliphatic heterocycles. The van der Waals surface area contributed by atoms with Gasteiger partial charge in [0.25, 0.3) is 0 Å². The summed E-state index contributed by atoms with van der Waals surface area (Å²) in [7, 11) is 4.04. The number of aromatic nitrogens is 3. The molecule has 0 atom stereocenters. The van der Waals surface area contributed by atoms with E-state index in [0.29, 0.717) is 18.3 Å².